The Morgan fingerprint density at radius 1 is 0.857 bits per heavy atom. The van der Waals surface area contributed by atoms with E-state index >= 15 is 0 Å². The highest BCUT2D eigenvalue weighted by Gasteiger charge is 2.29. The van der Waals surface area contributed by atoms with E-state index in [9.17, 15) is 25.2 Å². The SMILES string of the molecule is CCCCC/C=C(\O)C[N+](CCO)(CCCC(=O)[O-])C/C(O)=C/CCCCC. The molecule has 0 spiro atoms. The number of aliphatic carboxylic acids is 1. The number of unbranched alkanes of at least 4 members (excludes halogenated alkanes) is 6. The van der Waals surface area contributed by atoms with Gasteiger partial charge in [0.1, 0.15) is 31.2 Å². The minimum Gasteiger partial charge on any atom is -0.550 e. The van der Waals surface area contributed by atoms with Gasteiger partial charge in [-0.05, 0) is 44.3 Å². The molecular weight excluding hydrogens is 358 g/mol. The van der Waals surface area contributed by atoms with Crippen LogP contribution in [0.2, 0.25) is 0 Å². The number of aliphatic hydroxyl groups excluding tert-OH is 3. The van der Waals surface area contributed by atoms with Crippen molar-refractivity contribution in [1.82, 2.24) is 0 Å². The van der Waals surface area contributed by atoms with E-state index in [0.717, 1.165) is 51.4 Å². The number of nitrogens with zero attached hydrogens (tertiary/aromatic N) is 1. The average Bonchev–Trinajstić information content (AvgIpc) is 2.62. The molecule has 0 aromatic heterocycles. The molecule has 28 heavy (non-hydrogen) atoms. The maximum Gasteiger partial charge on any atom is 0.143 e. The van der Waals surface area contributed by atoms with Crippen LogP contribution in [0.25, 0.3) is 0 Å². The molecule has 0 saturated carbocycles. The summed E-state index contributed by atoms with van der Waals surface area (Å²) in [6.45, 7) is 5.47. The quantitative estimate of drug-likeness (QED) is 0.186. The minimum atomic E-state index is -1.11. The lowest BCUT2D eigenvalue weighted by Gasteiger charge is -2.38. The molecule has 0 heterocycles. The van der Waals surface area contributed by atoms with Crippen molar-refractivity contribution in [3.05, 3.63) is 23.7 Å². The molecule has 0 amide bonds. The number of rotatable bonds is 18. The molecule has 6 heteroatoms. The normalized spacial score (nSPS) is 14.8. The summed E-state index contributed by atoms with van der Waals surface area (Å²) in [7, 11) is 0. The van der Waals surface area contributed by atoms with Crippen LogP contribution in [0.3, 0.4) is 0 Å². The van der Waals surface area contributed by atoms with E-state index in [1.54, 1.807) is 12.2 Å². The van der Waals surface area contributed by atoms with Crippen LogP contribution in [-0.2, 0) is 4.79 Å². The lowest BCUT2D eigenvalue weighted by molar-refractivity contribution is -0.922. The van der Waals surface area contributed by atoms with Crippen LogP contribution in [-0.4, -0.2) is 58.6 Å². The van der Waals surface area contributed by atoms with E-state index in [1.807, 2.05) is 0 Å². The van der Waals surface area contributed by atoms with Gasteiger partial charge in [-0.25, -0.2) is 0 Å². The molecule has 164 valence electrons. The van der Waals surface area contributed by atoms with Gasteiger partial charge in [-0.15, -0.1) is 0 Å². The van der Waals surface area contributed by atoms with Gasteiger partial charge < -0.3 is 29.7 Å². The zero-order chi connectivity index (χ0) is 21.3. The summed E-state index contributed by atoms with van der Waals surface area (Å²) in [6.07, 6.45) is 11.9. The Hall–Kier alpha value is -1.53. The molecule has 0 bridgehead atoms. The molecule has 0 fully saturated rings. The predicted molar refractivity (Wildman–Crippen MR) is 111 cm³/mol. The average molecular weight is 400 g/mol. The molecule has 0 aliphatic carbocycles. The first-order chi connectivity index (χ1) is 13.4. The molecule has 0 aromatic rings. The van der Waals surface area contributed by atoms with Crippen molar-refractivity contribution in [1.29, 1.82) is 0 Å². The first-order valence-corrected chi connectivity index (χ1v) is 10.8. The van der Waals surface area contributed by atoms with Crippen LogP contribution < -0.4 is 5.11 Å². The molecule has 0 radical (unpaired) electrons. The monoisotopic (exact) mass is 399 g/mol. The zero-order valence-corrected chi connectivity index (χ0v) is 17.9. The van der Waals surface area contributed by atoms with Gasteiger partial charge in [0.2, 0.25) is 0 Å². The third-order valence-electron chi connectivity index (χ3n) is 4.96. The number of hydrogen-bond donors (Lipinski definition) is 3. The summed E-state index contributed by atoms with van der Waals surface area (Å²) in [5.74, 6) is -0.644. The second kappa shape index (κ2) is 16.4. The Morgan fingerprint density at radius 2 is 1.36 bits per heavy atom. The third kappa shape index (κ3) is 13.6. The molecule has 0 aromatic carbocycles. The van der Waals surface area contributed by atoms with E-state index in [-0.39, 0.29) is 42.1 Å². The number of quaternary nitrogens is 1. The van der Waals surface area contributed by atoms with Crippen molar-refractivity contribution in [3.8, 4) is 0 Å². The van der Waals surface area contributed by atoms with Crippen LogP contribution in [0.1, 0.15) is 78.1 Å². The van der Waals surface area contributed by atoms with Crippen LogP contribution in [0.4, 0.5) is 0 Å². The zero-order valence-electron chi connectivity index (χ0n) is 17.9. The van der Waals surface area contributed by atoms with Crippen molar-refractivity contribution < 1.29 is 29.7 Å². The number of carboxylic acids is 1. The maximum absolute atomic E-state index is 10.8. The van der Waals surface area contributed by atoms with Crippen molar-refractivity contribution in [2.75, 3.05) is 32.8 Å². The molecule has 0 saturated heterocycles. The standard InChI is InChI=1S/C22H41NO5/c1-3-5-7-9-12-20(25)18-23(16-17-24,15-11-14-22(27)28)19-21(26)13-10-8-6-4-2/h12-13,24H,3-11,14-19H2,1-2H3,(H2-,25,26,27,28)/b20-12-,21-13-. The topological polar surface area (TPSA) is 101 Å². The Morgan fingerprint density at radius 3 is 1.75 bits per heavy atom. The van der Waals surface area contributed by atoms with Gasteiger partial charge in [-0.1, -0.05) is 39.5 Å². The van der Waals surface area contributed by atoms with Crippen molar-refractivity contribution >= 4 is 5.97 Å². The molecular formula is C22H41NO5. The van der Waals surface area contributed by atoms with Gasteiger partial charge in [-0.2, -0.15) is 0 Å². The highest BCUT2D eigenvalue weighted by Crippen LogP contribution is 2.17. The van der Waals surface area contributed by atoms with E-state index in [0.29, 0.717) is 19.5 Å². The molecule has 0 unspecified atom stereocenters. The molecule has 6 nitrogen and oxygen atoms in total. The smallest absolute Gasteiger partial charge is 0.143 e. The molecule has 0 atom stereocenters. The third-order valence-corrected chi connectivity index (χ3v) is 4.96. The van der Waals surface area contributed by atoms with Crippen molar-refractivity contribution in [2.45, 2.75) is 78.1 Å². The molecule has 0 aliphatic rings. The van der Waals surface area contributed by atoms with Gasteiger partial charge >= 0.3 is 0 Å². The summed E-state index contributed by atoms with van der Waals surface area (Å²) >= 11 is 0. The Bertz CT molecular complexity index is 446. The fourth-order valence-electron chi connectivity index (χ4n) is 3.40. The molecule has 0 rings (SSSR count). The Kier molecular flexibility index (Phi) is 15.5. The van der Waals surface area contributed by atoms with E-state index in [4.69, 9.17) is 0 Å². The Labute approximate surface area is 170 Å². The number of carbonyl (C=O) groups is 1. The highest BCUT2D eigenvalue weighted by molar-refractivity contribution is 5.64. The maximum atomic E-state index is 10.8. The number of allylic oxidation sites excluding steroid dienone is 2. The summed E-state index contributed by atoms with van der Waals surface area (Å²) in [5.41, 5.74) is 0. The largest absolute Gasteiger partial charge is 0.550 e. The summed E-state index contributed by atoms with van der Waals surface area (Å²) in [5, 5.41) is 41.2. The number of hydrogen-bond acceptors (Lipinski definition) is 5. The number of carboxylic acid groups (broad SMARTS) is 1. The summed E-state index contributed by atoms with van der Waals surface area (Å²) in [4.78, 5) is 10.8. The van der Waals surface area contributed by atoms with E-state index in [1.165, 1.54) is 0 Å². The Balaban J connectivity index is 5.17. The van der Waals surface area contributed by atoms with Crippen LogP contribution in [0.5, 0.6) is 0 Å². The lowest BCUT2D eigenvalue weighted by atomic mass is 10.1. The molecule has 0 aliphatic heterocycles. The second-order valence-corrected chi connectivity index (χ2v) is 7.69. The van der Waals surface area contributed by atoms with Crippen LogP contribution >= 0.6 is 0 Å². The van der Waals surface area contributed by atoms with E-state index < -0.39 is 5.97 Å². The van der Waals surface area contributed by atoms with Gasteiger partial charge in [0.05, 0.1) is 13.2 Å². The first kappa shape index (κ1) is 26.5. The van der Waals surface area contributed by atoms with Crippen molar-refractivity contribution in [3.63, 3.8) is 0 Å². The van der Waals surface area contributed by atoms with Crippen LogP contribution in [0, 0.1) is 0 Å². The first-order valence-electron chi connectivity index (χ1n) is 10.8. The molecule has 3 N–H and O–H groups in total. The van der Waals surface area contributed by atoms with Crippen LogP contribution in [0.15, 0.2) is 23.7 Å². The van der Waals surface area contributed by atoms with Gasteiger partial charge in [0.15, 0.2) is 0 Å². The van der Waals surface area contributed by atoms with Gasteiger partial charge in [0, 0.05) is 12.4 Å². The predicted octanol–water partition coefficient (Wildman–Crippen LogP) is 3.37. The minimum absolute atomic E-state index is 0.0760. The highest BCUT2D eigenvalue weighted by atomic mass is 16.4. The summed E-state index contributed by atoms with van der Waals surface area (Å²) < 4.78 is 0.232. The fraction of sp³-hybridized carbons (Fsp3) is 0.773. The lowest BCUT2D eigenvalue weighted by Crippen LogP contribution is -2.53. The number of aliphatic hydroxyl groups is 3. The van der Waals surface area contributed by atoms with Crippen molar-refractivity contribution in [2.24, 2.45) is 0 Å². The fourth-order valence-corrected chi connectivity index (χ4v) is 3.40. The van der Waals surface area contributed by atoms with Gasteiger partial charge in [-0.3, -0.25) is 0 Å². The van der Waals surface area contributed by atoms with E-state index in [2.05, 4.69) is 13.8 Å². The van der Waals surface area contributed by atoms with Gasteiger partial charge in [0.25, 0.3) is 0 Å². The second-order valence-electron chi connectivity index (χ2n) is 7.69. The number of carbonyl (C=O) groups excluding carboxylic acids is 1. The summed E-state index contributed by atoms with van der Waals surface area (Å²) in [6, 6.07) is 0.